The molecule has 2 heterocycles. The van der Waals surface area contributed by atoms with Crippen LogP contribution in [0.5, 0.6) is 0 Å². The van der Waals surface area contributed by atoms with E-state index in [1.807, 2.05) is 19.9 Å². The minimum Gasteiger partial charge on any atom is -0.370 e. The predicted octanol–water partition coefficient (Wildman–Crippen LogP) is 2.82. The Morgan fingerprint density at radius 1 is 1.25 bits per heavy atom. The highest BCUT2D eigenvalue weighted by atomic mass is 16.1. The summed E-state index contributed by atoms with van der Waals surface area (Å²) in [6, 6.07) is 4.15. The zero-order valence-electron chi connectivity index (χ0n) is 12.5. The van der Waals surface area contributed by atoms with E-state index in [1.165, 1.54) is 12.8 Å². The van der Waals surface area contributed by atoms with Crippen LogP contribution in [0.25, 0.3) is 0 Å². The number of nitriles is 1. The van der Waals surface area contributed by atoms with Crippen molar-refractivity contribution in [2.45, 2.75) is 52.5 Å². The van der Waals surface area contributed by atoms with Crippen molar-refractivity contribution in [2.24, 2.45) is 0 Å². The minimum atomic E-state index is -0.131. The summed E-state index contributed by atoms with van der Waals surface area (Å²) in [5.74, 6) is 0. The quantitative estimate of drug-likeness (QED) is 0.851. The monoisotopic (exact) mass is 273 g/mol. The van der Waals surface area contributed by atoms with Crippen molar-refractivity contribution in [3.8, 4) is 6.07 Å². The number of rotatable bonds is 3. The van der Waals surface area contributed by atoms with Gasteiger partial charge in [0.1, 0.15) is 11.6 Å². The average molecular weight is 273 g/mol. The lowest BCUT2D eigenvalue weighted by Crippen LogP contribution is -2.31. The average Bonchev–Trinajstić information content (AvgIpc) is 2.72. The molecule has 4 heteroatoms. The summed E-state index contributed by atoms with van der Waals surface area (Å²) in [4.78, 5) is 14.7. The fourth-order valence-electron chi connectivity index (χ4n) is 2.92. The molecule has 108 valence electrons. The molecule has 20 heavy (non-hydrogen) atoms. The number of aryl methyl sites for hydroxylation is 1. The fourth-order valence-corrected chi connectivity index (χ4v) is 2.92. The molecule has 0 saturated carbocycles. The van der Waals surface area contributed by atoms with E-state index in [0.29, 0.717) is 12.1 Å². The summed E-state index contributed by atoms with van der Waals surface area (Å²) in [5.41, 5.74) is 1.97. The number of aromatic nitrogens is 1. The highest BCUT2D eigenvalue weighted by Crippen LogP contribution is 2.22. The molecule has 1 aliphatic heterocycles. The van der Waals surface area contributed by atoms with Crippen LogP contribution in [0.4, 0.5) is 5.69 Å². The van der Waals surface area contributed by atoms with E-state index in [9.17, 15) is 10.1 Å². The Kier molecular flexibility index (Phi) is 4.84. The van der Waals surface area contributed by atoms with Crippen LogP contribution in [-0.4, -0.2) is 17.7 Å². The van der Waals surface area contributed by atoms with Gasteiger partial charge in [0.15, 0.2) is 0 Å². The second-order valence-electron chi connectivity index (χ2n) is 5.52. The molecule has 1 fully saturated rings. The molecule has 1 aromatic rings. The lowest BCUT2D eigenvalue weighted by Gasteiger charge is -2.25. The third-order valence-corrected chi connectivity index (χ3v) is 3.99. The Bertz CT molecular complexity index is 560. The summed E-state index contributed by atoms with van der Waals surface area (Å²) < 4.78 is 1.72. The van der Waals surface area contributed by atoms with Crippen molar-refractivity contribution in [1.82, 2.24) is 4.57 Å². The van der Waals surface area contributed by atoms with Crippen molar-refractivity contribution >= 4 is 5.69 Å². The number of hydrogen-bond acceptors (Lipinski definition) is 3. The maximum absolute atomic E-state index is 12.5. The van der Waals surface area contributed by atoms with Crippen LogP contribution in [-0.2, 0) is 6.54 Å². The molecule has 0 bridgehead atoms. The van der Waals surface area contributed by atoms with Gasteiger partial charge in [0.2, 0.25) is 0 Å². The van der Waals surface area contributed by atoms with Gasteiger partial charge in [-0.25, -0.2) is 0 Å². The van der Waals surface area contributed by atoms with Gasteiger partial charge in [0, 0.05) is 25.3 Å². The maximum Gasteiger partial charge on any atom is 0.270 e. The van der Waals surface area contributed by atoms with Gasteiger partial charge in [-0.3, -0.25) is 4.79 Å². The van der Waals surface area contributed by atoms with Gasteiger partial charge >= 0.3 is 0 Å². The molecule has 1 saturated heterocycles. The molecule has 0 unspecified atom stereocenters. The van der Waals surface area contributed by atoms with Crippen LogP contribution in [0, 0.1) is 18.3 Å². The standard InChI is InChI=1S/C16H23N3O/c1-3-8-19-13(2)11-15(14(12-17)16(19)20)18-9-6-4-5-7-10-18/h11H,3-10H2,1-2H3. The smallest absolute Gasteiger partial charge is 0.270 e. The van der Waals surface area contributed by atoms with Crippen molar-refractivity contribution in [3.63, 3.8) is 0 Å². The van der Waals surface area contributed by atoms with E-state index in [-0.39, 0.29) is 5.56 Å². The van der Waals surface area contributed by atoms with Gasteiger partial charge in [0.25, 0.3) is 5.56 Å². The first-order chi connectivity index (χ1) is 9.69. The molecule has 0 atom stereocenters. The molecule has 0 amide bonds. The van der Waals surface area contributed by atoms with Crippen molar-refractivity contribution in [2.75, 3.05) is 18.0 Å². The number of hydrogen-bond donors (Lipinski definition) is 0. The first-order valence-electron chi connectivity index (χ1n) is 7.58. The van der Waals surface area contributed by atoms with Gasteiger partial charge < -0.3 is 9.47 Å². The topological polar surface area (TPSA) is 49.0 Å². The first-order valence-corrected chi connectivity index (χ1v) is 7.58. The molecule has 0 aromatic carbocycles. The van der Waals surface area contributed by atoms with Gasteiger partial charge in [-0.1, -0.05) is 19.8 Å². The van der Waals surface area contributed by atoms with E-state index in [0.717, 1.165) is 43.7 Å². The van der Waals surface area contributed by atoms with Crippen LogP contribution in [0.1, 0.15) is 50.3 Å². The molecule has 0 aliphatic carbocycles. The van der Waals surface area contributed by atoms with E-state index < -0.39 is 0 Å². The Labute approximate surface area is 120 Å². The van der Waals surface area contributed by atoms with Crippen LogP contribution in [0.2, 0.25) is 0 Å². The number of pyridine rings is 1. The van der Waals surface area contributed by atoms with Gasteiger partial charge in [-0.2, -0.15) is 5.26 Å². The molecule has 1 aliphatic rings. The summed E-state index contributed by atoms with van der Waals surface area (Å²) in [7, 11) is 0. The van der Waals surface area contributed by atoms with Gasteiger partial charge in [-0.05, 0) is 32.3 Å². The lowest BCUT2D eigenvalue weighted by molar-refractivity contribution is 0.632. The predicted molar refractivity (Wildman–Crippen MR) is 81.1 cm³/mol. The maximum atomic E-state index is 12.5. The van der Waals surface area contributed by atoms with Crippen molar-refractivity contribution < 1.29 is 0 Å². The fraction of sp³-hybridized carbons (Fsp3) is 0.625. The highest BCUT2D eigenvalue weighted by Gasteiger charge is 2.18. The van der Waals surface area contributed by atoms with Crippen molar-refractivity contribution in [3.05, 3.63) is 27.7 Å². The zero-order valence-corrected chi connectivity index (χ0v) is 12.5. The third kappa shape index (κ3) is 2.87. The Hall–Kier alpha value is -1.76. The molecule has 1 aromatic heterocycles. The Morgan fingerprint density at radius 2 is 1.90 bits per heavy atom. The van der Waals surface area contributed by atoms with Gasteiger partial charge in [-0.15, -0.1) is 0 Å². The van der Waals surface area contributed by atoms with Crippen molar-refractivity contribution in [1.29, 1.82) is 5.26 Å². The highest BCUT2D eigenvalue weighted by molar-refractivity contribution is 5.59. The van der Waals surface area contributed by atoms with Crippen LogP contribution in [0.3, 0.4) is 0 Å². The SMILES string of the molecule is CCCn1c(C)cc(N2CCCCCC2)c(C#N)c1=O. The largest absolute Gasteiger partial charge is 0.370 e. The van der Waals surface area contributed by atoms with Gasteiger partial charge in [0.05, 0.1) is 5.69 Å². The van der Waals surface area contributed by atoms with E-state index >= 15 is 0 Å². The van der Waals surface area contributed by atoms with Crippen LogP contribution < -0.4 is 10.5 Å². The normalized spacial score (nSPS) is 15.8. The summed E-state index contributed by atoms with van der Waals surface area (Å²) in [5, 5.41) is 9.39. The van der Waals surface area contributed by atoms with E-state index in [2.05, 4.69) is 11.0 Å². The van der Waals surface area contributed by atoms with E-state index in [1.54, 1.807) is 4.57 Å². The molecule has 2 rings (SSSR count). The Morgan fingerprint density at radius 3 is 2.45 bits per heavy atom. The molecular formula is C16H23N3O. The third-order valence-electron chi connectivity index (χ3n) is 3.99. The lowest BCUT2D eigenvalue weighted by atomic mass is 10.1. The molecule has 4 nitrogen and oxygen atoms in total. The van der Waals surface area contributed by atoms with E-state index in [4.69, 9.17) is 0 Å². The number of nitrogens with zero attached hydrogens (tertiary/aromatic N) is 3. The zero-order chi connectivity index (χ0) is 14.5. The molecular weight excluding hydrogens is 250 g/mol. The number of anilines is 1. The minimum absolute atomic E-state index is 0.131. The Balaban J connectivity index is 2.48. The summed E-state index contributed by atoms with van der Waals surface area (Å²) >= 11 is 0. The molecule has 0 spiro atoms. The summed E-state index contributed by atoms with van der Waals surface area (Å²) in [6.07, 6.45) is 5.66. The summed E-state index contributed by atoms with van der Waals surface area (Å²) in [6.45, 7) is 6.58. The first kappa shape index (κ1) is 14.6. The second kappa shape index (κ2) is 6.60. The second-order valence-corrected chi connectivity index (χ2v) is 5.52. The molecule has 0 radical (unpaired) electrons. The molecule has 0 N–H and O–H groups in total. The van der Waals surface area contributed by atoms with Crippen LogP contribution >= 0.6 is 0 Å². The van der Waals surface area contributed by atoms with Crippen LogP contribution in [0.15, 0.2) is 10.9 Å².